The van der Waals surface area contributed by atoms with E-state index < -0.39 is 12.0 Å². The molecule has 7 nitrogen and oxygen atoms in total. The molecular formula is C22H22ClN3O4S. The molecule has 2 aromatic carbocycles. The van der Waals surface area contributed by atoms with E-state index in [2.05, 4.69) is 5.32 Å². The molecule has 1 fully saturated rings. The normalized spacial score (nSPS) is 15.9. The molecule has 0 saturated carbocycles. The summed E-state index contributed by atoms with van der Waals surface area (Å²) in [5.41, 5.74) is 1.84. The number of likely N-dealkylation sites (N-methyl/N-ethyl adjacent to an activating group) is 1. The van der Waals surface area contributed by atoms with Gasteiger partial charge in [-0.2, -0.15) is 0 Å². The van der Waals surface area contributed by atoms with Gasteiger partial charge in [0.1, 0.15) is 6.04 Å². The van der Waals surface area contributed by atoms with Crippen LogP contribution in [-0.4, -0.2) is 52.4 Å². The van der Waals surface area contributed by atoms with Crippen LogP contribution in [0.4, 0.5) is 5.69 Å². The Morgan fingerprint density at radius 2 is 1.77 bits per heavy atom. The van der Waals surface area contributed by atoms with Gasteiger partial charge in [-0.25, -0.2) is 4.79 Å². The first kappa shape index (κ1) is 22.7. The van der Waals surface area contributed by atoms with Crippen LogP contribution in [0.15, 0.2) is 48.5 Å². The molecule has 0 spiro atoms. The van der Waals surface area contributed by atoms with Gasteiger partial charge < -0.3 is 15.0 Å². The fourth-order valence-corrected chi connectivity index (χ4v) is 3.64. The van der Waals surface area contributed by atoms with Crippen LogP contribution in [0.1, 0.15) is 29.3 Å². The first-order valence-electron chi connectivity index (χ1n) is 9.69. The maximum absolute atomic E-state index is 12.7. The summed E-state index contributed by atoms with van der Waals surface area (Å²) < 4.78 is 4.94. The smallest absolute Gasteiger partial charge is 0.338 e. The highest BCUT2D eigenvalue weighted by atomic mass is 35.5. The van der Waals surface area contributed by atoms with Crippen molar-refractivity contribution in [1.82, 2.24) is 9.80 Å². The zero-order chi connectivity index (χ0) is 22.5. The van der Waals surface area contributed by atoms with Crippen LogP contribution in [0, 0.1) is 0 Å². The largest absolute Gasteiger partial charge is 0.462 e. The van der Waals surface area contributed by atoms with E-state index in [9.17, 15) is 14.4 Å². The van der Waals surface area contributed by atoms with E-state index >= 15 is 0 Å². The predicted molar refractivity (Wildman–Crippen MR) is 122 cm³/mol. The molecule has 0 radical (unpaired) electrons. The Morgan fingerprint density at radius 3 is 2.39 bits per heavy atom. The molecule has 0 bridgehead atoms. The van der Waals surface area contributed by atoms with Crippen molar-refractivity contribution in [3.05, 3.63) is 64.7 Å². The van der Waals surface area contributed by atoms with Crippen LogP contribution >= 0.6 is 23.8 Å². The number of hydrogen-bond donors (Lipinski definition) is 1. The summed E-state index contributed by atoms with van der Waals surface area (Å²) >= 11 is 11.4. The van der Waals surface area contributed by atoms with Gasteiger partial charge in [0.15, 0.2) is 5.11 Å². The first-order valence-corrected chi connectivity index (χ1v) is 10.5. The second-order valence-corrected chi connectivity index (χ2v) is 7.80. The Balaban J connectivity index is 1.67. The average Bonchev–Trinajstić information content (AvgIpc) is 2.94. The minimum atomic E-state index is -0.702. The maximum atomic E-state index is 12.7. The lowest BCUT2D eigenvalue weighted by Gasteiger charge is -2.23. The average molecular weight is 460 g/mol. The predicted octanol–water partition coefficient (Wildman–Crippen LogP) is 3.47. The second-order valence-electron chi connectivity index (χ2n) is 7.00. The van der Waals surface area contributed by atoms with Gasteiger partial charge in [-0.3, -0.25) is 14.5 Å². The van der Waals surface area contributed by atoms with E-state index in [4.69, 9.17) is 28.6 Å². The Labute approximate surface area is 190 Å². The van der Waals surface area contributed by atoms with Crippen LogP contribution in [0.25, 0.3) is 0 Å². The van der Waals surface area contributed by atoms with Gasteiger partial charge in [-0.15, -0.1) is 0 Å². The number of anilines is 1. The van der Waals surface area contributed by atoms with Crippen molar-refractivity contribution < 1.29 is 19.1 Å². The number of hydrogen-bond acceptors (Lipinski definition) is 5. The molecule has 0 aliphatic carbocycles. The van der Waals surface area contributed by atoms with Gasteiger partial charge >= 0.3 is 5.97 Å². The summed E-state index contributed by atoms with van der Waals surface area (Å²) in [6, 6.07) is 12.9. The van der Waals surface area contributed by atoms with Crippen LogP contribution in [-0.2, 0) is 20.9 Å². The minimum absolute atomic E-state index is 0.0590. The number of nitrogens with one attached hydrogen (secondary N) is 1. The fourth-order valence-electron chi connectivity index (χ4n) is 3.23. The number of nitrogens with zero attached hydrogens (tertiary/aromatic N) is 2. The lowest BCUT2D eigenvalue weighted by molar-refractivity contribution is -0.130. The van der Waals surface area contributed by atoms with Crippen LogP contribution in [0.2, 0.25) is 5.02 Å². The molecule has 31 heavy (non-hydrogen) atoms. The number of carbonyl (C=O) groups is 3. The maximum Gasteiger partial charge on any atom is 0.338 e. The molecule has 162 valence electrons. The van der Waals surface area contributed by atoms with Crippen molar-refractivity contribution >= 4 is 52.4 Å². The third-order valence-electron chi connectivity index (χ3n) is 4.85. The van der Waals surface area contributed by atoms with Crippen LogP contribution < -0.4 is 5.32 Å². The summed E-state index contributed by atoms with van der Waals surface area (Å²) in [5.74, 6) is -0.987. The SMILES string of the molecule is CCOC(=O)c1ccc(NC(=O)CC2C(=O)N(C)C(=S)N2Cc2ccc(Cl)cc2)cc1. The van der Waals surface area contributed by atoms with E-state index in [1.165, 1.54) is 4.90 Å². The van der Waals surface area contributed by atoms with E-state index in [0.717, 1.165) is 5.56 Å². The van der Waals surface area contributed by atoms with Crippen molar-refractivity contribution in [3.63, 3.8) is 0 Å². The van der Waals surface area contributed by atoms with E-state index in [1.807, 2.05) is 12.1 Å². The van der Waals surface area contributed by atoms with E-state index in [0.29, 0.717) is 27.9 Å². The standard InChI is InChI=1S/C22H22ClN3O4S/c1-3-30-21(29)15-6-10-17(11-7-15)24-19(27)12-18-20(28)25(2)22(31)26(18)13-14-4-8-16(23)9-5-14/h4-11,18H,3,12-13H2,1-2H3,(H,24,27). The molecular weight excluding hydrogens is 438 g/mol. The number of rotatable bonds is 7. The van der Waals surface area contributed by atoms with E-state index in [-0.39, 0.29) is 24.8 Å². The highest BCUT2D eigenvalue weighted by Gasteiger charge is 2.41. The fraction of sp³-hybridized carbons (Fsp3) is 0.273. The molecule has 3 rings (SSSR count). The topological polar surface area (TPSA) is 78.9 Å². The molecule has 1 aliphatic heterocycles. The van der Waals surface area contributed by atoms with Crippen molar-refractivity contribution in [1.29, 1.82) is 0 Å². The molecule has 9 heteroatoms. The lowest BCUT2D eigenvalue weighted by Crippen LogP contribution is -2.37. The number of esters is 1. The van der Waals surface area contributed by atoms with Gasteiger partial charge in [-0.1, -0.05) is 23.7 Å². The van der Waals surface area contributed by atoms with Gasteiger partial charge in [-0.05, 0) is 61.1 Å². The van der Waals surface area contributed by atoms with Crippen LogP contribution in [0.3, 0.4) is 0 Å². The third kappa shape index (κ3) is 5.39. The molecule has 2 aromatic rings. The van der Waals surface area contributed by atoms with Crippen molar-refractivity contribution in [3.8, 4) is 0 Å². The molecule has 1 saturated heterocycles. The number of thiocarbonyl (C=S) groups is 1. The Bertz CT molecular complexity index is 995. The summed E-state index contributed by atoms with van der Waals surface area (Å²) in [7, 11) is 1.60. The van der Waals surface area contributed by atoms with Gasteiger partial charge in [0.25, 0.3) is 5.91 Å². The summed E-state index contributed by atoms with van der Waals surface area (Å²) in [4.78, 5) is 40.2. The molecule has 1 unspecified atom stereocenters. The van der Waals surface area contributed by atoms with Crippen molar-refractivity contribution in [2.45, 2.75) is 25.9 Å². The zero-order valence-corrected chi connectivity index (χ0v) is 18.7. The quantitative estimate of drug-likeness (QED) is 0.504. The van der Waals surface area contributed by atoms with E-state index in [1.54, 1.807) is 55.3 Å². The Morgan fingerprint density at radius 1 is 1.13 bits per heavy atom. The van der Waals surface area contributed by atoms with Gasteiger partial charge in [0.2, 0.25) is 5.91 Å². The lowest BCUT2D eigenvalue weighted by atomic mass is 10.1. The summed E-state index contributed by atoms with van der Waals surface area (Å²) in [6.45, 7) is 2.41. The molecule has 1 atom stereocenters. The third-order valence-corrected chi connectivity index (χ3v) is 5.61. The highest BCUT2D eigenvalue weighted by molar-refractivity contribution is 7.80. The van der Waals surface area contributed by atoms with Crippen molar-refractivity contribution in [2.24, 2.45) is 0 Å². The molecule has 1 aliphatic rings. The summed E-state index contributed by atoms with van der Waals surface area (Å²) in [5, 5.41) is 3.75. The second kappa shape index (κ2) is 9.89. The van der Waals surface area contributed by atoms with Gasteiger partial charge in [0, 0.05) is 24.3 Å². The highest BCUT2D eigenvalue weighted by Crippen LogP contribution is 2.23. The molecule has 2 amide bonds. The Kier molecular flexibility index (Phi) is 7.25. The van der Waals surface area contributed by atoms with Gasteiger partial charge in [0.05, 0.1) is 18.6 Å². The van der Waals surface area contributed by atoms with Crippen molar-refractivity contribution in [2.75, 3.05) is 19.0 Å². The number of amides is 2. The number of ether oxygens (including phenoxy) is 1. The number of carbonyl (C=O) groups excluding carboxylic acids is 3. The first-order chi connectivity index (χ1) is 14.8. The Hall–Kier alpha value is -2.97. The molecule has 1 heterocycles. The molecule has 0 aromatic heterocycles. The summed E-state index contributed by atoms with van der Waals surface area (Å²) in [6.07, 6.45) is -0.0590. The molecule has 1 N–H and O–H groups in total. The zero-order valence-electron chi connectivity index (χ0n) is 17.1. The minimum Gasteiger partial charge on any atom is -0.462 e. The number of benzene rings is 2. The monoisotopic (exact) mass is 459 g/mol. The van der Waals surface area contributed by atoms with Crippen LogP contribution in [0.5, 0.6) is 0 Å². The number of halogens is 1.